The van der Waals surface area contributed by atoms with Crippen molar-refractivity contribution in [2.24, 2.45) is 0 Å². The van der Waals surface area contributed by atoms with Gasteiger partial charge in [0.2, 0.25) is 0 Å². The Hall–Kier alpha value is -1.02. The number of hydrogen-bond acceptors (Lipinski definition) is 1. The maximum absolute atomic E-state index is 6.32. The fraction of sp³-hybridized carbons (Fsp3) is 0.333. The second kappa shape index (κ2) is 7.84. The molecule has 2 aromatic rings. The molecule has 2 rings (SSSR count). The topological polar surface area (TPSA) is 12.0 Å². The van der Waals surface area contributed by atoms with Crippen LogP contribution in [0.5, 0.6) is 0 Å². The van der Waals surface area contributed by atoms with Crippen LogP contribution in [0.3, 0.4) is 0 Å². The maximum Gasteiger partial charge on any atom is 0.0453 e. The molecule has 1 unspecified atom stereocenters. The van der Waals surface area contributed by atoms with Crippen LogP contribution in [0.1, 0.15) is 30.9 Å². The van der Waals surface area contributed by atoms with E-state index in [-0.39, 0.29) is 0 Å². The second-order valence-corrected chi connectivity index (χ2v) is 6.39. The van der Waals surface area contributed by atoms with Gasteiger partial charge in [-0.25, -0.2) is 0 Å². The van der Waals surface area contributed by atoms with E-state index in [1.165, 1.54) is 5.56 Å². The normalized spacial score (nSPS) is 12.6. The lowest BCUT2D eigenvalue weighted by Gasteiger charge is -2.21. The van der Waals surface area contributed by atoms with Crippen LogP contribution in [0.4, 0.5) is 0 Å². The van der Waals surface area contributed by atoms with Crippen molar-refractivity contribution in [1.82, 2.24) is 5.32 Å². The molecule has 0 aromatic heterocycles. The van der Waals surface area contributed by atoms with Gasteiger partial charge in [0.05, 0.1) is 0 Å². The molecule has 0 spiro atoms. The van der Waals surface area contributed by atoms with E-state index in [9.17, 15) is 0 Å². The average Bonchev–Trinajstić information content (AvgIpc) is 2.47. The summed E-state index contributed by atoms with van der Waals surface area (Å²) in [6.45, 7) is 5.22. The summed E-state index contributed by atoms with van der Waals surface area (Å²) >= 11 is 12.6. The fourth-order valence-electron chi connectivity index (χ4n) is 2.38. The Labute approximate surface area is 137 Å². The smallest absolute Gasteiger partial charge is 0.0453 e. The summed E-state index contributed by atoms with van der Waals surface area (Å²) in [7, 11) is 0. The van der Waals surface area contributed by atoms with Crippen molar-refractivity contribution < 1.29 is 0 Å². The van der Waals surface area contributed by atoms with E-state index in [4.69, 9.17) is 23.2 Å². The lowest BCUT2D eigenvalue weighted by atomic mass is 9.91. The van der Waals surface area contributed by atoms with Crippen molar-refractivity contribution in [2.45, 2.75) is 32.2 Å². The Morgan fingerprint density at radius 2 is 1.52 bits per heavy atom. The Morgan fingerprint density at radius 3 is 2.10 bits per heavy atom. The molecule has 0 saturated heterocycles. The van der Waals surface area contributed by atoms with Crippen LogP contribution in [0.25, 0.3) is 0 Å². The van der Waals surface area contributed by atoms with Gasteiger partial charge in [0, 0.05) is 28.5 Å². The SMILES string of the molecule is CC(C)NCC(Cc1c(Cl)cccc1Cl)c1ccccc1. The van der Waals surface area contributed by atoms with Gasteiger partial charge in [0.15, 0.2) is 0 Å². The van der Waals surface area contributed by atoms with Crippen LogP contribution in [0, 0.1) is 0 Å². The molecule has 1 N–H and O–H groups in total. The van der Waals surface area contributed by atoms with Crippen molar-refractivity contribution in [3.63, 3.8) is 0 Å². The lowest BCUT2D eigenvalue weighted by molar-refractivity contribution is 0.527. The van der Waals surface area contributed by atoms with E-state index in [0.717, 1.165) is 28.6 Å². The molecular weight excluding hydrogens is 301 g/mol. The Balaban J connectivity index is 2.23. The van der Waals surface area contributed by atoms with E-state index >= 15 is 0 Å². The minimum atomic E-state index is 0.353. The minimum absolute atomic E-state index is 0.353. The molecular formula is C18H21Cl2N. The highest BCUT2D eigenvalue weighted by molar-refractivity contribution is 6.36. The van der Waals surface area contributed by atoms with Gasteiger partial charge >= 0.3 is 0 Å². The van der Waals surface area contributed by atoms with Crippen LogP contribution in [0.15, 0.2) is 48.5 Å². The van der Waals surface area contributed by atoms with E-state index in [1.807, 2.05) is 24.3 Å². The van der Waals surface area contributed by atoms with Crippen molar-refractivity contribution in [3.05, 3.63) is 69.7 Å². The Bertz CT molecular complexity index is 546. The summed E-state index contributed by atoms with van der Waals surface area (Å²) < 4.78 is 0. The molecule has 0 heterocycles. The summed E-state index contributed by atoms with van der Waals surface area (Å²) in [6, 6.07) is 16.7. The molecule has 112 valence electrons. The quantitative estimate of drug-likeness (QED) is 0.759. The summed E-state index contributed by atoms with van der Waals surface area (Å²) in [6.07, 6.45) is 0.836. The van der Waals surface area contributed by atoms with Gasteiger partial charge in [-0.1, -0.05) is 73.4 Å². The zero-order chi connectivity index (χ0) is 15.2. The standard InChI is InChI=1S/C18H21Cl2N/c1-13(2)21-12-15(14-7-4-3-5-8-14)11-16-17(19)9-6-10-18(16)20/h3-10,13,15,21H,11-12H2,1-2H3. The zero-order valence-corrected chi connectivity index (χ0v) is 14.0. The van der Waals surface area contributed by atoms with Gasteiger partial charge in [-0.2, -0.15) is 0 Å². The number of nitrogens with one attached hydrogen (secondary N) is 1. The highest BCUT2D eigenvalue weighted by Crippen LogP contribution is 2.30. The van der Waals surface area contributed by atoms with E-state index in [0.29, 0.717) is 12.0 Å². The number of halogens is 2. The Kier molecular flexibility index (Phi) is 6.10. The third-order valence-corrected chi connectivity index (χ3v) is 4.26. The first kappa shape index (κ1) is 16.4. The molecule has 0 saturated carbocycles. The fourth-order valence-corrected chi connectivity index (χ4v) is 2.94. The van der Waals surface area contributed by atoms with Gasteiger partial charge in [0.25, 0.3) is 0 Å². The number of benzene rings is 2. The van der Waals surface area contributed by atoms with Gasteiger partial charge < -0.3 is 5.32 Å². The van der Waals surface area contributed by atoms with Gasteiger partial charge in [0.1, 0.15) is 0 Å². The van der Waals surface area contributed by atoms with Crippen molar-refractivity contribution in [2.75, 3.05) is 6.54 Å². The molecule has 0 aliphatic heterocycles. The number of rotatable bonds is 6. The van der Waals surface area contributed by atoms with Gasteiger partial charge in [-0.05, 0) is 29.7 Å². The number of hydrogen-bond donors (Lipinski definition) is 1. The summed E-state index contributed by atoms with van der Waals surface area (Å²) in [5.74, 6) is 0.353. The molecule has 0 fully saturated rings. The predicted molar refractivity (Wildman–Crippen MR) is 92.5 cm³/mol. The molecule has 0 aliphatic carbocycles. The summed E-state index contributed by atoms with van der Waals surface area (Å²) in [5, 5.41) is 5.00. The summed E-state index contributed by atoms with van der Waals surface area (Å²) in [5.41, 5.74) is 2.34. The highest BCUT2D eigenvalue weighted by Gasteiger charge is 2.16. The average molecular weight is 322 g/mol. The van der Waals surface area contributed by atoms with E-state index in [1.54, 1.807) is 0 Å². The predicted octanol–water partition coefficient (Wildman–Crippen LogP) is 5.32. The third-order valence-electron chi connectivity index (χ3n) is 3.56. The molecule has 1 nitrogen and oxygen atoms in total. The van der Waals surface area contributed by atoms with Crippen LogP contribution < -0.4 is 5.32 Å². The largest absolute Gasteiger partial charge is 0.314 e. The van der Waals surface area contributed by atoms with Gasteiger partial charge in [-0.3, -0.25) is 0 Å². The summed E-state index contributed by atoms with van der Waals surface area (Å²) in [4.78, 5) is 0. The van der Waals surface area contributed by atoms with Crippen molar-refractivity contribution in [3.8, 4) is 0 Å². The van der Waals surface area contributed by atoms with Crippen molar-refractivity contribution in [1.29, 1.82) is 0 Å². The second-order valence-electron chi connectivity index (χ2n) is 5.57. The first-order chi connectivity index (χ1) is 10.1. The first-order valence-electron chi connectivity index (χ1n) is 7.29. The van der Waals surface area contributed by atoms with E-state index in [2.05, 4.69) is 43.4 Å². The molecule has 0 radical (unpaired) electrons. The molecule has 21 heavy (non-hydrogen) atoms. The van der Waals surface area contributed by atoms with Gasteiger partial charge in [-0.15, -0.1) is 0 Å². The highest BCUT2D eigenvalue weighted by atomic mass is 35.5. The molecule has 0 amide bonds. The third kappa shape index (κ3) is 4.74. The maximum atomic E-state index is 6.32. The monoisotopic (exact) mass is 321 g/mol. The van der Waals surface area contributed by atoms with E-state index < -0.39 is 0 Å². The lowest BCUT2D eigenvalue weighted by Crippen LogP contribution is -2.29. The zero-order valence-electron chi connectivity index (χ0n) is 12.4. The van der Waals surface area contributed by atoms with Crippen LogP contribution in [0.2, 0.25) is 10.0 Å². The minimum Gasteiger partial charge on any atom is -0.314 e. The van der Waals surface area contributed by atoms with Crippen molar-refractivity contribution >= 4 is 23.2 Å². The molecule has 3 heteroatoms. The van der Waals surface area contributed by atoms with Crippen LogP contribution >= 0.6 is 23.2 Å². The molecule has 0 bridgehead atoms. The first-order valence-corrected chi connectivity index (χ1v) is 8.04. The molecule has 2 aromatic carbocycles. The molecule has 0 aliphatic rings. The van der Waals surface area contributed by atoms with Crippen LogP contribution in [-0.2, 0) is 6.42 Å². The Morgan fingerprint density at radius 1 is 0.905 bits per heavy atom. The molecule has 1 atom stereocenters. The van der Waals surface area contributed by atoms with Crippen LogP contribution in [-0.4, -0.2) is 12.6 Å².